The number of pyridine rings is 1. The third-order valence-electron chi connectivity index (χ3n) is 5.57. The number of aromatic nitrogens is 1. The molecule has 28 heavy (non-hydrogen) atoms. The minimum absolute atomic E-state index is 0.359. The number of nitrogens with two attached hydrogens (primary N) is 1. The highest BCUT2D eigenvalue weighted by molar-refractivity contribution is 5.79. The van der Waals surface area contributed by atoms with Crippen LogP contribution in [0.4, 0.5) is 5.82 Å². The summed E-state index contributed by atoms with van der Waals surface area (Å²) in [5, 5.41) is 9.81. The lowest BCUT2D eigenvalue weighted by atomic mass is 9.89. The smallest absolute Gasteiger partial charge is 0.142 e. The van der Waals surface area contributed by atoms with E-state index in [1.165, 1.54) is 44.1 Å². The lowest BCUT2D eigenvalue weighted by Crippen LogP contribution is -2.09. The maximum atomic E-state index is 9.81. The fraction of sp³-hybridized carbons (Fsp3) is 0.500. The highest BCUT2D eigenvalue weighted by Crippen LogP contribution is 2.35. The van der Waals surface area contributed by atoms with Crippen LogP contribution in [0.1, 0.15) is 75.1 Å². The van der Waals surface area contributed by atoms with Crippen molar-refractivity contribution in [1.29, 1.82) is 5.26 Å². The molecule has 2 aromatic rings. The molecule has 0 saturated heterocycles. The molecule has 0 saturated carbocycles. The van der Waals surface area contributed by atoms with Crippen molar-refractivity contribution in [3.05, 3.63) is 41.1 Å². The van der Waals surface area contributed by atoms with Gasteiger partial charge in [-0.25, -0.2) is 4.98 Å². The molecule has 148 valence electrons. The van der Waals surface area contributed by atoms with E-state index >= 15 is 0 Å². The predicted octanol–water partition coefficient (Wildman–Crippen LogP) is 5.82. The molecule has 1 heterocycles. The summed E-state index contributed by atoms with van der Waals surface area (Å²) in [6, 6.07) is 10.3. The van der Waals surface area contributed by atoms with Gasteiger partial charge >= 0.3 is 0 Å². The van der Waals surface area contributed by atoms with Gasteiger partial charge in [0.05, 0.1) is 6.61 Å². The Kier molecular flexibility index (Phi) is 7.31. The molecule has 0 atom stereocenters. The molecule has 1 aromatic heterocycles. The highest BCUT2D eigenvalue weighted by Gasteiger charge is 2.20. The van der Waals surface area contributed by atoms with E-state index in [9.17, 15) is 5.26 Å². The molecule has 0 unspecified atom stereocenters. The second-order valence-corrected chi connectivity index (χ2v) is 7.57. The number of nitrogen functional groups attached to an aromatic ring is 1. The molecule has 0 spiro atoms. The van der Waals surface area contributed by atoms with Gasteiger partial charge in [0.15, 0.2) is 0 Å². The number of hydrogen-bond acceptors (Lipinski definition) is 4. The standard InChI is InChI=1S/C24H31N3O/c1-2-28-19-15-13-18(14-16-19)23-20-11-9-7-5-3-4-6-8-10-12-22(20)27-24(26)21(23)17-25/h13-16H,2-12H2,1H3,(H2,26,27). The van der Waals surface area contributed by atoms with Gasteiger partial charge in [-0.15, -0.1) is 0 Å². The van der Waals surface area contributed by atoms with Gasteiger partial charge in [0, 0.05) is 11.3 Å². The van der Waals surface area contributed by atoms with Gasteiger partial charge in [0.2, 0.25) is 0 Å². The maximum Gasteiger partial charge on any atom is 0.142 e. The first-order valence-corrected chi connectivity index (χ1v) is 10.7. The molecule has 4 heteroatoms. The van der Waals surface area contributed by atoms with Crippen molar-refractivity contribution >= 4 is 5.82 Å². The third-order valence-corrected chi connectivity index (χ3v) is 5.57. The van der Waals surface area contributed by atoms with E-state index in [4.69, 9.17) is 10.5 Å². The minimum Gasteiger partial charge on any atom is -0.494 e. The zero-order valence-corrected chi connectivity index (χ0v) is 17.0. The van der Waals surface area contributed by atoms with E-state index in [1.54, 1.807) is 0 Å². The van der Waals surface area contributed by atoms with Crippen LogP contribution in [-0.4, -0.2) is 11.6 Å². The summed E-state index contributed by atoms with van der Waals surface area (Å²) < 4.78 is 5.58. The first-order valence-electron chi connectivity index (χ1n) is 10.7. The fourth-order valence-electron chi connectivity index (χ4n) is 4.14. The summed E-state index contributed by atoms with van der Waals surface area (Å²) in [7, 11) is 0. The summed E-state index contributed by atoms with van der Waals surface area (Å²) >= 11 is 0. The summed E-state index contributed by atoms with van der Waals surface area (Å²) in [5.74, 6) is 1.20. The monoisotopic (exact) mass is 377 g/mol. The zero-order chi connectivity index (χ0) is 19.8. The number of anilines is 1. The minimum atomic E-state index is 0.359. The van der Waals surface area contributed by atoms with Crippen LogP contribution in [0, 0.1) is 11.3 Å². The molecule has 0 radical (unpaired) electrons. The van der Waals surface area contributed by atoms with Crippen LogP contribution in [0.5, 0.6) is 5.75 Å². The van der Waals surface area contributed by atoms with Gasteiger partial charge in [0.25, 0.3) is 0 Å². The fourth-order valence-corrected chi connectivity index (χ4v) is 4.14. The van der Waals surface area contributed by atoms with Crippen LogP contribution in [0.15, 0.2) is 24.3 Å². The SMILES string of the molecule is CCOc1ccc(-c2c(C#N)c(N)nc3c2CCCCCCCCCC3)cc1. The van der Waals surface area contributed by atoms with Crippen molar-refractivity contribution < 1.29 is 4.74 Å². The van der Waals surface area contributed by atoms with Crippen LogP contribution < -0.4 is 10.5 Å². The van der Waals surface area contributed by atoms with E-state index in [2.05, 4.69) is 11.1 Å². The quantitative estimate of drug-likeness (QED) is 0.731. The van der Waals surface area contributed by atoms with Crippen LogP contribution in [0.2, 0.25) is 0 Å². The van der Waals surface area contributed by atoms with Crippen molar-refractivity contribution in [3.8, 4) is 22.9 Å². The summed E-state index contributed by atoms with van der Waals surface area (Å²) in [6.45, 7) is 2.62. The Morgan fingerprint density at radius 1 is 0.964 bits per heavy atom. The molecule has 0 fully saturated rings. The molecule has 0 aliphatic heterocycles. The van der Waals surface area contributed by atoms with Crippen LogP contribution in [0.25, 0.3) is 11.1 Å². The van der Waals surface area contributed by atoms with E-state index in [-0.39, 0.29) is 0 Å². The summed E-state index contributed by atoms with van der Waals surface area (Å²) in [5.41, 5.74) is 11.0. The third kappa shape index (κ3) is 4.84. The molecule has 1 aromatic carbocycles. The molecule has 1 aliphatic rings. The van der Waals surface area contributed by atoms with Gasteiger partial charge in [0.1, 0.15) is 23.2 Å². The molecular weight excluding hydrogens is 346 g/mol. The van der Waals surface area contributed by atoms with Crippen LogP contribution in [0.3, 0.4) is 0 Å². The van der Waals surface area contributed by atoms with Gasteiger partial charge in [-0.05, 0) is 55.9 Å². The van der Waals surface area contributed by atoms with Gasteiger partial charge in [-0.2, -0.15) is 5.26 Å². The Bertz CT molecular complexity index is 821. The average molecular weight is 378 g/mol. The first kappa shape index (κ1) is 20.2. The largest absolute Gasteiger partial charge is 0.494 e. The van der Waals surface area contributed by atoms with E-state index < -0.39 is 0 Å². The second kappa shape index (κ2) is 10.1. The molecule has 3 rings (SSSR count). The lowest BCUT2D eigenvalue weighted by Gasteiger charge is -2.19. The number of nitrogens with zero attached hydrogens (tertiary/aromatic N) is 2. The number of fused-ring (bicyclic) bond motifs is 1. The predicted molar refractivity (Wildman–Crippen MR) is 114 cm³/mol. The maximum absolute atomic E-state index is 9.81. The molecule has 0 amide bonds. The summed E-state index contributed by atoms with van der Waals surface area (Å²) in [4.78, 5) is 4.68. The Morgan fingerprint density at radius 3 is 2.18 bits per heavy atom. The van der Waals surface area contributed by atoms with E-state index in [0.717, 1.165) is 48.3 Å². The number of benzene rings is 1. The molecular formula is C24H31N3O. The Hall–Kier alpha value is -2.54. The second-order valence-electron chi connectivity index (χ2n) is 7.57. The highest BCUT2D eigenvalue weighted by atomic mass is 16.5. The zero-order valence-electron chi connectivity index (χ0n) is 17.0. The van der Waals surface area contributed by atoms with Crippen LogP contribution >= 0.6 is 0 Å². The van der Waals surface area contributed by atoms with Gasteiger partial charge in [-0.3, -0.25) is 0 Å². The molecule has 2 N–H and O–H groups in total. The Balaban J connectivity index is 2.06. The number of hydrogen-bond donors (Lipinski definition) is 1. The number of nitriles is 1. The van der Waals surface area contributed by atoms with E-state index in [0.29, 0.717) is 18.0 Å². The van der Waals surface area contributed by atoms with E-state index in [1.807, 2.05) is 31.2 Å². The molecule has 1 aliphatic carbocycles. The number of ether oxygens (including phenoxy) is 1. The molecule has 4 nitrogen and oxygen atoms in total. The number of rotatable bonds is 3. The van der Waals surface area contributed by atoms with Gasteiger partial charge < -0.3 is 10.5 Å². The van der Waals surface area contributed by atoms with Crippen molar-refractivity contribution in [2.45, 2.75) is 71.1 Å². The summed E-state index contributed by atoms with van der Waals surface area (Å²) in [6.07, 6.45) is 11.9. The average Bonchev–Trinajstić information content (AvgIpc) is 2.69. The van der Waals surface area contributed by atoms with Crippen molar-refractivity contribution in [1.82, 2.24) is 4.98 Å². The topological polar surface area (TPSA) is 71.9 Å². The number of aryl methyl sites for hydroxylation is 1. The van der Waals surface area contributed by atoms with Crippen molar-refractivity contribution in [2.24, 2.45) is 0 Å². The Labute approximate surface area is 168 Å². The van der Waals surface area contributed by atoms with Gasteiger partial charge in [-0.1, -0.05) is 50.7 Å². The molecule has 0 bridgehead atoms. The Morgan fingerprint density at radius 2 is 1.57 bits per heavy atom. The van der Waals surface area contributed by atoms with Crippen molar-refractivity contribution in [3.63, 3.8) is 0 Å². The first-order chi connectivity index (χ1) is 13.7. The lowest BCUT2D eigenvalue weighted by molar-refractivity contribution is 0.340. The van der Waals surface area contributed by atoms with Crippen molar-refractivity contribution in [2.75, 3.05) is 12.3 Å². The normalized spacial score (nSPS) is 15.6. The van der Waals surface area contributed by atoms with Crippen LogP contribution in [-0.2, 0) is 12.8 Å².